The van der Waals surface area contributed by atoms with E-state index in [0.717, 1.165) is 37.8 Å². The number of carbonyl (C=O) groups is 1. The molecular formula is C18H27NO. The first-order valence-electron chi connectivity index (χ1n) is 7.94. The van der Waals surface area contributed by atoms with Gasteiger partial charge in [-0.15, -0.1) is 0 Å². The van der Waals surface area contributed by atoms with Gasteiger partial charge in [-0.1, -0.05) is 51.5 Å². The first-order chi connectivity index (χ1) is 9.57. The number of benzene rings is 1. The molecule has 2 heteroatoms. The van der Waals surface area contributed by atoms with Crippen molar-refractivity contribution in [2.45, 2.75) is 64.3 Å². The third-order valence-corrected chi connectivity index (χ3v) is 4.47. The van der Waals surface area contributed by atoms with Gasteiger partial charge in [0, 0.05) is 6.42 Å². The molecule has 1 aromatic rings. The van der Waals surface area contributed by atoms with Gasteiger partial charge in [-0.05, 0) is 42.9 Å². The number of ketones is 1. The fourth-order valence-corrected chi connectivity index (χ4v) is 3.20. The molecule has 0 spiro atoms. The standard InChI is InChI=1S/C18H27NO/c1-4-10-18(11-5-12-19-18)17(20)13-15-6-8-16(9-7-15)14(2)3/h6-9,14,19H,4-5,10-13H2,1-3H3. The average molecular weight is 273 g/mol. The van der Waals surface area contributed by atoms with Crippen LogP contribution in [0.2, 0.25) is 0 Å². The van der Waals surface area contributed by atoms with Gasteiger partial charge in [0.05, 0.1) is 5.54 Å². The maximum absolute atomic E-state index is 12.7. The van der Waals surface area contributed by atoms with Crippen LogP contribution in [0.25, 0.3) is 0 Å². The van der Waals surface area contributed by atoms with E-state index in [4.69, 9.17) is 0 Å². The molecule has 2 rings (SSSR count). The number of Topliss-reactive ketones (excluding diaryl/α,β-unsaturated/α-hetero) is 1. The summed E-state index contributed by atoms with van der Waals surface area (Å²) in [4.78, 5) is 12.7. The lowest BCUT2D eigenvalue weighted by Gasteiger charge is -2.27. The second-order valence-corrected chi connectivity index (χ2v) is 6.36. The van der Waals surface area contributed by atoms with Gasteiger partial charge in [-0.3, -0.25) is 4.79 Å². The summed E-state index contributed by atoms with van der Waals surface area (Å²) in [6.45, 7) is 7.53. The molecule has 20 heavy (non-hydrogen) atoms. The van der Waals surface area contributed by atoms with Crippen LogP contribution in [0.4, 0.5) is 0 Å². The second kappa shape index (κ2) is 6.53. The molecular weight excluding hydrogens is 246 g/mol. The van der Waals surface area contributed by atoms with E-state index in [1.807, 2.05) is 0 Å². The highest BCUT2D eigenvalue weighted by Crippen LogP contribution is 2.27. The SMILES string of the molecule is CCCC1(C(=O)Cc2ccc(C(C)C)cc2)CCCN1. The molecule has 110 valence electrons. The van der Waals surface area contributed by atoms with Gasteiger partial charge in [0.15, 0.2) is 5.78 Å². The van der Waals surface area contributed by atoms with Crippen molar-refractivity contribution in [2.75, 3.05) is 6.54 Å². The highest BCUT2D eigenvalue weighted by molar-refractivity contribution is 5.90. The number of hydrogen-bond donors (Lipinski definition) is 1. The molecule has 1 aliphatic heterocycles. The Hall–Kier alpha value is -1.15. The van der Waals surface area contributed by atoms with Crippen LogP contribution in [0.15, 0.2) is 24.3 Å². The molecule has 1 aliphatic rings. The molecule has 1 saturated heterocycles. The van der Waals surface area contributed by atoms with Crippen molar-refractivity contribution < 1.29 is 4.79 Å². The zero-order chi connectivity index (χ0) is 14.6. The van der Waals surface area contributed by atoms with Crippen LogP contribution < -0.4 is 5.32 Å². The van der Waals surface area contributed by atoms with Crippen molar-refractivity contribution in [1.82, 2.24) is 5.32 Å². The van der Waals surface area contributed by atoms with E-state index >= 15 is 0 Å². The van der Waals surface area contributed by atoms with E-state index in [2.05, 4.69) is 50.4 Å². The molecule has 1 N–H and O–H groups in total. The van der Waals surface area contributed by atoms with E-state index in [-0.39, 0.29) is 5.54 Å². The number of hydrogen-bond acceptors (Lipinski definition) is 2. The van der Waals surface area contributed by atoms with Gasteiger partial charge in [0.1, 0.15) is 0 Å². The second-order valence-electron chi connectivity index (χ2n) is 6.36. The van der Waals surface area contributed by atoms with Crippen LogP contribution in [0.3, 0.4) is 0 Å². The summed E-state index contributed by atoms with van der Waals surface area (Å²) in [7, 11) is 0. The monoisotopic (exact) mass is 273 g/mol. The smallest absolute Gasteiger partial charge is 0.157 e. The summed E-state index contributed by atoms with van der Waals surface area (Å²) in [5, 5.41) is 3.47. The van der Waals surface area contributed by atoms with E-state index in [1.54, 1.807) is 0 Å². The largest absolute Gasteiger partial charge is 0.305 e. The van der Waals surface area contributed by atoms with E-state index in [9.17, 15) is 4.79 Å². The number of rotatable bonds is 6. The van der Waals surface area contributed by atoms with Gasteiger partial charge >= 0.3 is 0 Å². The maximum atomic E-state index is 12.7. The van der Waals surface area contributed by atoms with Crippen LogP contribution in [0, 0.1) is 0 Å². The minimum absolute atomic E-state index is 0.245. The van der Waals surface area contributed by atoms with Gasteiger partial charge < -0.3 is 5.32 Å². The minimum Gasteiger partial charge on any atom is -0.305 e. The Bertz CT molecular complexity index is 441. The topological polar surface area (TPSA) is 29.1 Å². The molecule has 0 bridgehead atoms. The lowest BCUT2D eigenvalue weighted by molar-refractivity contribution is -0.124. The predicted molar refractivity (Wildman–Crippen MR) is 84.1 cm³/mol. The predicted octanol–water partition coefficient (Wildman–Crippen LogP) is 3.84. The Morgan fingerprint density at radius 3 is 2.50 bits per heavy atom. The third kappa shape index (κ3) is 3.29. The molecule has 0 saturated carbocycles. The summed E-state index contributed by atoms with van der Waals surface area (Å²) < 4.78 is 0. The summed E-state index contributed by atoms with van der Waals surface area (Å²) in [5.41, 5.74) is 2.23. The van der Waals surface area contributed by atoms with E-state index in [0.29, 0.717) is 18.1 Å². The molecule has 1 unspecified atom stereocenters. The van der Waals surface area contributed by atoms with Crippen molar-refractivity contribution in [3.63, 3.8) is 0 Å². The maximum Gasteiger partial charge on any atom is 0.157 e. The quantitative estimate of drug-likeness (QED) is 0.853. The van der Waals surface area contributed by atoms with Gasteiger partial charge in [-0.2, -0.15) is 0 Å². The number of carbonyl (C=O) groups excluding carboxylic acids is 1. The molecule has 0 aromatic heterocycles. The molecule has 1 fully saturated rings. The Balaban J connectivity index is 2.06. The fraction of sp³-hybridized carbons (Fsp3) is 0.611. The number of nitrogens with one attached hydrogen (secondary N) is 1. The average Bonchev–Trinajstić information content (AvgIpc) is 2.89. The molecule has 0 radical (unpaired) electrons. The van der Waals surface area contributed by atoms with Crippen molar-refractivity contribution in [3.05, 3.63) is 35.4 Å². The van der Waals surface area contributed by atoms with Crippen molar-refractivity contribution in [3.8, 4) is 0 Å². The molecule has 1 aromatic carbocycles. The summed E-state index contributed by atoms with van der Waals surface area (Å²) in [6.07, 6.45) is 4.72. The van der Waals surface area contributed by atoms with E-state index in [1.165, 1.54) is 5.56 Å². The first kappa shape index (κ1) is 15.2. The summed E-state index contributed by atoms with van der Waals surface area (Å²) >= 11 is 0. The van der Waals surface area contributed by atoms with Crippen LogP contribution in [-0.4, -0.2) is 17.9 Å². The lowest BCUT2D eigenvalue weighted by atomic mass is 9.84. The van der Waals surface area contributed by atoms with E-state index < -0.39 is 0 Å². The Morgan fingerprint density at radius 2 is 2.00 bits per heavy atom. The Labute approximate surface area is 123 Å². The molecule has 0 amide bonds. The summed E-state index contributed by atoms with van der Waals surface area (Å²) in [5.74, 6) is 0.914. The normalized spacial score (nSPS) is 22.4. The Morgan fingerprint density at radius 1 is 1.30 bits per heavy atom. The van der Waals surface area contributed by atoms with Crippen LogP contribution in [-0.2, 0) is 11.2 Å². The van der Waals surface area contributed by atoms with Crippen LogP contribution >= 0.6 is 0 Å². The third-order valence-electron chi connectivity index (χ3n) is 4.47. The van der Waals surface area contributed by atoms with Crippen LogP contribution in [0.5, 0.6) is 0 Å². The van der Waals surface area contributed by atoms with Crippen LogP contribution in [0.1, 0.15) is 63.5 Å². The van der Waals surface area contributed by atoms with Gasteiger partial charge in [0.25, 0.3) is 0 Å². The van der Waals surface area contributed by atoms with Gasteiger partial charge in [0.2, 0.25) is 0 Å². The van der Waals surface area contributed by atoms with Crippen molar-refractivity contribution in [2.24, 2.45) is 0 Å². The van der Waals surface area contributed by atoms with Crippen molar-refractivity contribution >= 4 is 5.78 Å². The van der Waals surface area contributed by atoms with Crippen molar-refractivity contribution in [1.29, 1.82) is 0 Å². The lowest BCUT2D eigenvalue weighted by Crippen LogP contribution is -2.48. The summed E-state index contributed by atoms with van der Waals surface area (Å²) in [6, 6.07) is 8.54. The molecule has 0 aliphatic carbocycles. The minimum atomic E-state index is -0.245. The van der Waals surface area contributed by atoms with Gasteiger partial charge in [-0.25, -0.2) is 0 Å². The Kier molecular flexibility index (Phi) is 4.98. The molecule has 1 heterocycles. The highest BCUT2D eigenvalue weighted by Gasteiger charge is 2.39. The zero-order valence-corrected chi connectivity index (χ0v) is 13.0. The molecule has 1 atom stereocenters. The fourth-order valence-electron chi connectivity index (χ4n) is 3.20. The zero-order valence-electron chi connectivity index (χ0n) is 13.0. The molecule has 2 nitrogen and oxygen atoms in total. The first-order valence-corrected chi connectivity index (χ1v) is 7.94. The highest BCUT2D eigenvalue weighted by atomic mass is 16.1.